The largest absolute Gasteiger partial charge is 0.493 e. The van der Waals surface area contributed by atoms with Crippen molar-refractivity contribution >= 4 is 21.7 Å². The molecule has 1 heterocycles. The zero-order valence-electron chi connectivity index (χ0n) is 12.0. The Morgan fingerprint density at radius 1 is 1.30 bits per heavy atom. The third-order valence-corrected chi connectivity index (χ3v) is 3.80. The van der Waals surface area contributed by atoms with Gasteiger partial charge in [-0.05, 0) is 27.9 Å². The molecule has 0 unspecified atom stereocenters. The molecule has 108 valence electrons. The summed E-state index contributed by atoms with van der Waals surface area (Å²) in [7, 11) is 3.26. The van der Waals surface area contributed by atoms with Crippen LogP contribution in [0.25, 0.3) is 11.1 Å². The van der Waals surface area contributed by atoms with Gasteiger partial charge < -0.3 is 15.2 Å². The molecular weight excluding hydrogens is 322 g/mol. The first-order chi connectivity index (χ1) is 9.51. The quantitative estimate of drug-likeness (QED) is 0.893. The maximum atomic E-state index is 5.96. The first-order valence-corrected chi connectivity index (χ1v) is 7.04. The summed E-state index contributed by atoms with van der Waals surface area (Å²) in [4.78, 5) is 0. The number of nitrogens with one attached hydrogen (secondary N) is 1. The summed E-state index contributed by atoms with van der Waals surface area (Å²) in [5.74, 6) is 2.18. The smallest absolute Gasteiger partial charge is 0.164 e. The summed E-state index contributed by atoms with van der Waals surface area (Å²) in [5, 5.41) is 6.76. The Morgan fingerprint density at radius 3 is 2.45 bits per heavy atom. The van der Waals surface area contributed by atoms with Gasteiger partial charge in [-0.2, -0.15) is 5.10 Å². The Morgan fingerprint density at radius 2 is 2.00 bits per heavy atom. The molecule has 0 radical (unpaired) electrons. The molecule has 0 aliphatic rings. The van der Waals surface area contributed by atoms with E-state index in [0.717, 1.165) is 26.9 Å². The summed E-state index contributed by atoms with van der Waals surface area (Å²) < 4.78 is 11.8. The summed E-state index contributed by atoms with van der Waals surface area (Å²) in [6.45, 7) is 4.20. The fourth-order valence-electron chi connectivity index (χ4n) is 2.31. The van der Waals surface area contributed by atoms with Crippen molar-refractivity contribution in [2.45, 2.75) is 19.8 Å². The molecule has 0 bridgehead atoms. The number of anilines is 1. The maximum Gasteiger partial charge on any atom is 0.164 e. The summed E-state index contributed by atoms with van der Waals surface area (Å²) in [6.07, 6.45) is 1.72. The lowest BCUT2D eigenvalue weighted by molar-refractivity contribution is 0.350. The molecule has 0 aliphatic heterocycles. The molecule has 1 aromatic heterocycles. The summed E-state index contributed by atoms with van der Waals surface area (Å²) in [5.41, 5.74) is 8.82. The fourth-order valence-corrected chi connectivity index (χ4v) is 2.94. The van der Waals surface area contributed by atoms with Gasteiger partial charge in [-0.25, -0.2) is 0 Å². The lowest BCUT2D eigenvalue weighted by Gasteiger charge is -2.20. The van der Waals surface area contributed by atoms with Crippen molar-refractivity contribution in [1.82, 2.24) is 10.2 Å². The second-order valence-electron chi connectivity index (χ2n) is 4.73. The van der Waals surface area contributed by atoms with Gasteiger partial charge in [0, 0.05) is 21.2 Å². The number of nitrogen functional groups attached to an aromatic ring is 1. The average molecular weight is 340 g/mol. The van der Waals surface area contributed by atoms with Crippen molar-refractivity contribution in [3.8, 4) is 22.6 Å². The van der Waals surface area contributed by atoms with Crippen LogP contribution in [0.1, 0.15) is 25.3 Å². The number of benzene rings is 1. The summed E-state index contributed by atoms with van der Waals surface area (Å²) in [6, 6.07) is 1.88. The number of methoxy groups -OCH3 is 2. The van der Waals surface area contributed by atoms with Crippen LogP contribution in [0, 0.1) is 0 Å². The van der Waals surface area contributed by atoms with Crippen LogP contribution >= 0.6 is 15.9 Å². The first-order valence-electron chi connectivity index (χ1n) is 6.24. The van der Waals surface area contributed by atoms with E-state index in [0.29, 0.717) is 11.6 Å². The van der Waals surface area contributed by atoms with Gasteiger partial charge in [-0.3, -0.25) is 5.10 Å². The third-order valence-electron chi connectivity index (χ3n) is 3.17. The minimum Gasteiger partial charge on any atom is -0.493 e. The van der Waals surface area contributed by atoms with Gasteiger partial charge in [0.15, 0.2) is 11.5 Å². The zero-order valence-corrected chi connectivity index (χ0v) is 13.5. The number of ether oxygens (including phenoxy) is 2. The Labute approximate surface area is 126 Å². The van der Waals surface area contributed by atoms with E-state index in [4.69, 9.17) is 15.2 Å². The Balaban J connectivity index is 2.83. The van der Waals surface area contributed by atoms with E-state index in [2.05, 4.69) is 40.0 Å². The van der Waals surface area contributed by atoms with Gasteiger partial charge in [-0.15, -0.1) is 0 Å². The number of nitrogens with zero attached hydrogens (tertiary/aromatic N) is 1. The third kappa shape index (κ3) is 2.35. The normalized spacial score (nSPS) is 10.9. The highest BCUT2D eigenvalue weighted by Crippen LogP contribution is 2.47. The van der Waals surface area contributed by atoms with Gasteiger partial charge in [-0.1, -0.05) is 13.8 Å². The van der Waals surface area contributed by atoms with Gasteiger partial charge >= 0.3 is 0 Å². The molecule has 0 fully saturated rings. The molecule has 2 rings (SSSR count). The van der Waals surface area contributed by atoms with E-state index in [1.54, 1.807) is 20.4 Å². The van der Waals surface area contributed by atoms with Gasteiger partial charge in [0.25, 0.3) is 0 Å². The van der Waals surface area contributed by atoms with E-state index >= 15 is 0 Å². The molecule has 0 aliphatic carbocycles. The number of hydrogen-bond acceptors (Lipinski definition) is 4. The molecule has 0 saturated heterocycles. The molecular formula is C14H18BrN3O2. The molecule has 0 amide bonds. The van der Waals surface area contributed by atoms with E-state index < -0.39 is 0 Å². The van der Waals surface area contributed by atoms with Crippen molar-refractivity contribution in [3.05, 3.63) is 22.3 Å². The van der Waals surface area contributed by atoms with Gasteiger partial charge in [0.05, 0.1) is 20.4 Å². The number of hydrogen-bond donors (Lipinski definition) is 2. The van der Waals surface area contributed by atoms with Crippen LogP contribution < -0.4 is 15.2 Å². The number of nitrogens with two attached hydrogens (primary N) is 1. The van der Waals surface area contributed by atoms with Crippen LogP contribution in [-0.4, -0.2) is 24.4 Å². The molecule has 2 aromatic rings. The van der Waals surface area contributed by atoms with Crippen LogP contribution in [0.2, 0.25) is 0 Å². The minimum absolute atomic E-state index is 0.237. The monoisotopic (exact) mass is 339 g/mol. The predicted molar refractivity (Wildman–Crippen MR) is 83.3 cm³/mol. The van der Waals surface area contributed by atoms with Gasteiger partial charge in [0.1, 0.15) is 5.82 Å². The van der Waals surface area contributed by atoms with Crippen LogP contribution in [0.4, 0.5) is 5.82 Å². The van der Waals surface area contributed by atoms with E-state index in [-0.39, 0.29) is 5.92 Å². The highest BCUT2D eigenvalue weighted by molar-refractivity contribution is 9.10. The molecule has 5 nitrogen and oxygen atoms in total. The Bertz CT molecular complexity index is 623. The van der Waals surface area contributed by atoms with Crippen molar-refractivity contribution < 1.29 is 9.47 Å². The minimum atomic E-state index is 0.237. The highest BCUT2D eigenvalue weighted by atomic mass is 79.9. The van der Waals surface area contributed by atoms with Crippen LogP contribution in [0.3, 0.4) is 0 Å². The second-order valence-corrected chi connectivity index (χ2v) is 5.59. The second kappa shape index (κ2) is 5.75. The average Bonchev–Trinajstić information content (AvgIpc) is 2.83. The van der Waals surface area contributed by atoms with Crippen molar-refractivity contribution in [3.63, 3.8) is 0 Å². The standard InChI is InChI=1S/C14H18BrN3O2/c1-7(2)11-12(8-6-17-18-14(8)16)9(15)5-10(19-3)13(11)20-4/h5-7H,1-4H3,(H3,16,17,18). The van der Waals surface area contributed by atoms with E-state index in [1.165, 1.54) is 0 Å². The number of H-pyrrole nitrogens is 1. The van der Waals surface area contributed by atoms with E-state index in [1.807, 2.05) is 6.07 Å². The predicted octanol–water partition coefficient (Wildman–Crippen LogP) is 3.56. The lowest BCUT2D eigenvalue weighted by Crippen LogP contribution is -2.02. The van der Waals surface area contributed by atoms with Crippen molar-refractivity contribution in [2.24, 2.45) is 0 Å². The zero-order chi connectivity index (χ0) is 14.9. The molecule has 20 heavy (non-hydrogen) atoms. The number of aromatic amines is 1. The van der Waals surface area contributed by atoms with Crippen LogP contribution in [-0.2, 0) is 0 Å². The van der Waals surface area contributed by atoms with Crippen LogP contribution in [0.5, 0.6) is 11.5 Å². The molecule has 0 atom stereocenters. The molecule has 3 N–H and O–H groups in total. The van der Waals surface area contributed by atoms with Crippen molar-refractivity contribution in [2.75, 3.05) is 20.0 Å². The highest BCUT2D eigenvalue weighted by Gasteiger charge is 2.23. The number of halogens is 1. The molecule has 0 saturated carbocycles. The van der Waals surface area contributed by atoms with Gasteiger partial charge in [0.2, 0.25) is 0 Å². The number of aromatic nitrogens is 2. The SMILES string of the molecule is COc1cc(Br)c(-c2cn[nH]c2N)c(C(C)C)c1OC. The summed E-state index contributed by atoms with van der Waals surface area (Å²) >= 11 is 3.59. The van der Waals surface area contributed by atoms with E-state index in [9.17, 15) is 0 Å². The number of rotatable bonds is 4. The van der Waals surface area contributed by atoms with Crippen LogP contribution in [0.15, 0.2) is 16.7 Å². The molecule has 1 aromatic carbocycles. The Hall–Kier alpha value is -1.69. The van der Waals surface area contributed by atoms with Crippen molar-refractivity contribution in [1.29, 1.82) is 0 Å². The topological polar surface area (TPSA) is 73.2 Å². The molecule has 0 spiro atoms. The first kappa shape index (κ1) is 14.7. The fraction of sp³-hybridized carbons (Fsp3) is 0.357. The molecule has 6 heteroatoms. The maximum absolute atomic E-state index is 5.96. The lowest BCUT2D eigenvalue weighted by atomic mass is 9.92. The Kier molecular flexibility index (Phi) is 4.23.